The van der Waals surface area contributed by atoms with Crippen molar-refractivity contribution >= 4 is 11.9 Å². The molecule has 0 aromatic heterocycles. The van der Waals surface area contributed by atoms with E-state index in [4.69, 9.17) is 14.6 Å². The lowest BCUT2D eigenvalue weighted by Gasteiger charge is -2.15. The summed E-state index contributed by atoms with van der Waals surface area (Å²) in [6, 6.07) is 0. The number of methoxy groups -OCH3 is 1. The summed E-state index contributed by atoms with van der Waals surface area (Å²) in [4.78, 5) is 22.5. The summed E-state index contributed by atoms with van der Waals surface area (Å²) in [6.07, 6.45) is 2.68. The van der Waals surface area contributed by atoms with Crippen LogP contribution in [0.5, 0.6) is 11.5 Å². The number of cyclic esters (lactones) is 1. The van der Waals surface area contributed by atoms with Crippen LogP contribution < -0.4 is 4.74 Å². The molecule has 0 radical (unpaired) electrons. The number of carbonyl (C=O) groups is 2. The minimum atomic E-state index is -0.853. The summed E-state index contributed by atoms with van der Waals surface area (Å²) in [7, 11) is 1.44. The Morgan fingerprint density at radius 2 is 2.09 bits per heavy atom. The molecule has 6 nitrogen and oxygen atoms in total. The van der Waals surface area contributed by atoms with Crippen LogP contribution in [0.15, 0.2) is 11.6 Å². The number of hydrogen-bond donors (Lipinski definition) is 2. The van der Waals surface area contributed by atoms with Gasteiger partial charge in [0.15, 0.2) is 0 Å². The maximum Gasteiger partial charge on any atom is 0.342 e. The maximum atomic E-state index is 11.9. The second-order valence-electron chi connectivity index (χ2n) is 5.56. The molecule has 1 heterocycles. The maximum absolute atomic E-state index is 11.9. The average Bonchev–Trinajstić information content (AvgIpc) is 2.89. The molecule has 6 heteroatoms. The molecule has 0 atom stereocenters. The average molecular weight is 320 g/mol. The minimum Gasteiger partial charge on any atom is -0.507 e. The molecule has 0 aliphatic carbocycles. The Labute approximate surface area is 134 Å². The highest BCUT2D eigenvalue weighted by Gasteiger charge is 2.32. The predicted octanol–water partition coefficient (Wildman–Crippen LogP) is 2.73. The number of allylic oxidation sites excluding steroid dienone is 2. The molecule has 2 N–H and O–H groups in total. The van der Waals surface area contributed by atoms with Crippen molar-refractivity contribution in [1.29, 1.82) is 0 Å². The summed E-state index contributed by atoms with van der Waals surface area (Å²) in [5.41, 5.74) is 3.04. The van der Waals surface area contributed by atoms with Gasteiger partial charge in [-0.25, -0.2) is 4.79 Å². The molecular formula is C17H20O6. The lowest BCUT2D eigenvalue weighted by Crippen LogP contribution is -2.04. The predicted molar refractivity (Wildman–Crippen MR) is 82.8 cm³/mol. The van der Waals surface area contributed by atoms with E-state index in [1.807, 2.05) is 13.0 Å². The van der Waals surface area contributed by atoms with E-state index in [-0.39, 0.29) is 18.8 Å². The molecular weight excluding hydrogens is 300 g/mol. The molecule has 0 bridgehead atoms. The van der Waals surface area contributed by atoms with Crippen LogP contribution in [-0.2, 0) is 22.6 Å². The van der Waals surface area contributed by atoms with Gasteiger partial charge in [0.25, 0.3) is 0 Å². The first kappa shape index (κ1) is 16.9. The highest BCUT2D eigenvalue weighted by Crippen LogP contribution is 2.42. The molecule has 0 spiro atoms. The van der Waals surface area contributed by atoms with E-state index in [0.29, 0.717) is 40.8 Å². The van der Waals surface area contributed by atoms with E-state index >= 15 is 0 Å². The summed E-state index contributed by atoms with van der Waals surface area (Å²) in [5.74, 6) is -0.892. The number of fused-ring (bicyclic) bond motifs is 1. The molecule has 1 aromatic rings. The number of carboxylic acid groups (broad SMARTS) is 1. The van der Waals surface area contributed by atoms with Gasteiger partial charge in [0.05, 0.1) is 7.11 Å². The van der Waals surface area contributed by atoms with Gasteiger partial charge in [0.2, 0.25) is 0 Å². The fraction of sp³-hybridized carbons (Fsp3) is 0.412. The van der Waals surface area contributed by atoms with Crippen molar-refractivity contribution in [2.45, 2.75) is 39.7 Å². The zero-order chi connectivity index (χ0) is 17.1. The van der Waals surface area contributed by atoms with Crippen molar-refractivity contribution in [2.75, 3.05) is 7.11 Å². The van der Waals surface area contributed by atoms with Gasteiger partial charge in [-0.15, -0.1) is 0 Å². The van der Waals surface area contributed by atoms with Crippen LogP contribution in [-0.4, -0.2) is 29.3 Å². The van der Waals surface area contributed by atoms with Gasteiger partial charge in [0.1, 0.15) is 23.7 Å². The van der Waals surface area contributed by atoms with Crippen LogP contribution in [0.1, 0.15) is 46.8 Å². The summed E-state index contributed by atoms with van der Waals surface area (Å²) < 4.78 is 10.4. The Bertz CT molecular complexity index is 687. The topological polar surface area (TPSA) is 93.1 Å². The van der Waals surface area contributed by atoms with Gasteiger partial charge in [-0.1, -0.05) is 11.6 Å². The van der Waals surface area contributed by atoms with E-state index in [0.717, 1.165) is 5.57 Å². The van der Waals surface area contributed by atoms with E-state index in [1.54, 1.807) is 6.92 Å². The Kier molecular flexibility index (Phi) is 4.93. The largest absolute Gasteiger partial charge is 0.507 e. The molecule has 1 aliphatic rings. The van der Waals surface area contributed by atoms with Crippen molar-refractivity contribution < 1.29 is 29.3 Å². The minimum absolute atomic E-state index is 0.0565. The SMILES string of the molecule is COc1c(CC=C(C)CCC(=O)O)c(O)c(C)c2c1C(=O)OC2. The zero-order valence-corrected chi connectivity index (χ0v) is 13.4. The van der Waals surface area contributed by atoms with E-state index in [2.05, 4.69) is 0 Å². The van der Waals surface area contributed by atoms with Gasteiger partial charge in [-0.05, 0) is 32.3 Å². The third-order valence-corrected chi connectivity index (χ3v) is 4.04. The van der Waals surface area contributed by atoms with Crippen LogP contribution in [0.4, 0.5) is 0 Å². The number of rotatable bonds is 6. The van der Waals surface area contributed by atoms with Crippen LogP contribution in [0, 0.1) is 6.92 Å². The second-order valence-corrected chi connectivity index (χ2v) is 5.56. The number of carbonyl (C=O) groups excluding carboxylic acids is 1. The number of ether oxygens (including phenoxy) is 2. The fourth-order valence-corrected chi connectivity index (χ4v) is 2.66. The van der Waals surface area contributed by atoms with Crippen molar-refractivity contribution in [2.24, 2.45) is 0 Å². The number of carboxylic acids is 1. The zero-order valence-electron chi connectivity index (χ0n) is 13.4. The van der Waals surface area contributed by atoms with Crippen LogP contribution in [0.2, 0.25) is 0 Å². The van der Waals surface area contributed by atoms with Gasteiger partial charge in [-0.2, -0.15) is 0 Å². The van der Waals surface area contributed by atoms with Crippen molar-refractivity contribution in [3.8, 4) is 11.5 Å². The Morgan fingerprint density at radius 3 is 2.70 bits per heavy atom. The second kappa shape index (κ2) is 6.73. The monoisotopic (exact) mass is 320 g/mol. The van der Waals surface area contributed by atoms with Gasteiger partial charge in [0, 0.05) is 17.5 Å². The van der Waals surface area contributed by atoms with Crippen LogP contribution in [0.3, 0.4) is 0 Å². The number of phenols is 1. The number of hydrogen-bond acceptors (Lipinski definition) is 5. The molecule has 23 heavy (non-hydrogen) atoms. The molecule has 0 unspecified atom stereocenters. The normalized spacial score (nSPS) is 13.7. The number of esters is 1. The fourth-order valence-electron chi connectivity index (χ4n) is 2.66. The molecule has 0 saturated heterocycles. The van der Waals surface area contributed by atoms with Gasteiger partial charge in [-0.3, -0.25) is 4.79 Å². The highest BCUT2D eigenvalue weighted by atomic mass is 16.5. The number of phenolic OH excluding ortho intramolecular Hbond substituents is 1. The van der Waals surface area contributed by atoms with Crippen LogP contribution >= 0.6 is 0 Å². The first-order valence-electron chi connectivity index (χ1n) is 7.32. The number of benzene rings is 1. The summed E-state index contributed by atoms with van der Waals surface area (Å²) in [5, 5.41) is 19.1. The van der Waals surface area contributed by atoms with Crippen molar-refractivity contribution in [1.82, 2.24) is 0 Å². The van der Waals surface area contributed by atoms with E-state index < -0.39 is 11.9 Å². The third-order valence-electron chi connectivity index (χ3n) is 4.04. The van der Waals surface area contributed by atoms with Crippen molar-refractivity contribution in [3.05, 3.63) is 33.9 Å². The van der Waals surface area contributed by atoms with Crippen molar-refractivity contribution in [3.63, 3.8) is 0 Å². The van der Waals surface area contributed by atoms with Gasteiger partial charge >= 0.3 is 11.9 Å². The Balaban J connectivity index is 2.37. The third kappa shape index (κ3) is 3.31. The molecule has 1 aromatic carbocycles. The van der Waals surface area contributed by atoms with Gasteiger partial charge < -0.3 is 19.7 Å². The molecule has 2 rings (SSSR count). The standard InChI is InChI=1S/C17H20O6/c1-9(5-7-13(18)19)4-6-11-15(20)10(2)12-8-23-17(21)14(12)16(11)22-3/h4,20H,5-8H2,1-3H3,(H,18,19). The first-order chi connectivity index (χ1) is 10.9. The smallest absolute Gasteiger partial charge is 0.342 e. The first-order valence-corrected chi connectivity index (χ1v) is 7.32. The Morgan fingerprint density at radius 1 is 1.39 bits per heavy atom. The van der Waals surface area contributed by atoms with E-state index in [9.17, 15) is 14.7 Å². The van der Waals surface area contributed by atoms with E-state index in [1.165, 1.54) is 7.11 Å². The lowest BCUT2D eigenvalue weighted by atomic mass is 9.94. The lowest BCUT2D eigenvalue weighted by molar-refractivity contribution is -0.136. The molecule has 0 amide bonds. The molecule has 124 valence electrons. The highest BCUT2D eigenvalue weighted by molar-refractivity contribution is 5.98. The Hall–Kier alpha value is -2.50. The number of aliphatic carboxylic acids is 1. The molecule has 0 fully saturated rings. The summed E-state index contributed by atoms with van der Waals surface area (Å²) >= 11 is 0. The molecule has 0 saturated carbocycles. The number of aromatic hydroxyl groups is 1. The molecule has 1 aliphatic heterocycles. The van der Waals surface area contributed by atoms with Crippen LogP contribution in [0.25, 0.3) is 0 Å². The summed E-state index contributed by atoms with van der Waals surface area (Å²) in [6.45, 7) is 3.71. The quantitative estimate of drug-likeness (QED) is 0.618.